The molecule has 0 amide bonds. The molecule has 0 atom stereocenters. The van der Waals surface area contributed by atoms with Gasteiger partial charge in [0.1, 0.15) is 0 Å². The lowest BCUT2D eigenvalue weighted by Crippen LogP contribution is -2.11. The Morgan fingerprint density at radius 3 is 0.691 bits per heavy atom. The van der Waals surface area contributed by atoms with Gasteiger partial charge < -0.3 is 0 Å². The van der Waals surface area contributed by atoms with Crippen LogP contribution in [0.15, 0.2) is 146 Å². The molecule has 338 valence electrons. The second-order valence-electron chi connectivity index (χ2n) is 22.6. The summed E-state index contributed by atoms with van der Waals surface area (Å²) in [5.41, 5.74) is 10.8. The third kappa shape index (κ3) is 8.42. The largest absolute Gasteiger partial charge is 0.208 e. The van der Waals surface area contributed by atoms with Gasteiger partial charge in [0, 0.05) is 33.4 Å². The summed E-state index contributed by atoms with van der Waals surface area (Å²) >= 11 is 0. The van der Waals surface area contributed by atoms with Crippen molar-refractivity contribution in [2.24, 2.45) is 0 Å². The first-order chi connectivity index (χ1) is 32.2. The summed E-state index contributed by atoms with van der Waals surface area (Å²) < 4.78 is 0. The van der Waals surface area contributed by atoms with Crippen LogP contribution in [0.25, 0.3) is 101 Å². The highest BCUT2D eigenvalue weighted by Crippen LogP contribution is 2.43. The molecule has 68 heavy (non-hydrogen) atoms. The van der Waals surface area contributed by atoms with Gasteiger partial charge in [0.15, 0.2) is 34.9 Å². The van der Waals surface area contributed by atoms with E-state index in [9.17, 15) is 0 Å². The summed E-state index contributed by atoms with van der Waals surface area (Å²) in [7, 11) is 0. The van der Waals surface area contributed by atoms with Gasteiger partial charge in [-0.05, 0) is 88.4 Å². The minimum atomic E-state index is 0.0230. The molecule has 0 aliphatic rings. The van der Waals surface area contributed by atoms with Crippen molar-refractivity contribution in [2.45, 2.75) is 105 Å². The minimum Gasteiger partial charge on any atom is -0.208 e. The first-order valence-electron chi connectivity index (χ1n) is 23.9. The van der Waals surface area contributed by atoms with E-state index in [-0.39, 0.29) is 21.7 Å². The lowest BCUT2D eigenvalue weighted by molar-refractivity contribution is 0.590. The van der Waals surface area contributed by atoms with Gasteiger partial charge in [-0.15, -0.1) is 0 Å². The lowest BCUT2D eigenvalue weighted by atomic mass is 9.86. The summed E-state index contributed by atoms with van der Waals surface area (Å²) in [6.07, 6.45) is 0. The first-order valence-corrected chi connectivity index (χ1v) is 23.9. The number of aromatic nitrogens is 6. The topological polar surface area (TPSA) is 77.3 Å². The van der Waals surface area contributed by atoms with Crippen LogP contribution in [0.1, 0.15) is 105 Å². The van der Waals surface area contributed by atoms with Crippen LogP contribution in [0.2, 0.25) is 0 Å². The molecule has 6 heteroatoms. The van der Waals surface area contributed by atoms with Crippen molar-refractivity contribution in [3.63, 3.8) is 0 Å². The number of hydrogen-bond acceptors (Lipinski definition) is 6. The summed E-state index contributed by atoms with van der Waals surface area (Å²) in [5, 5.41) is 6.72. The molecule has 0 fully saturated rings. The average Bonchev–Trinajstić information content (AvgIpc) is 3.32. The third-order valence-electron chi connectivity index (χ3n) is 13.5. The Morgan fingerprint density at radius 1 is 0.235 bits per heavy atom. The van der Waals surface area contributed by atoms with E-state index in [2.05, 4.69) is 229 Å². The van der Waals surface area contributed by atoms with Gasteiger partial charge in [0.2, 0.25) is 0 Å². The zero-order chi connectivity index (χ0) is 47.9. The summed E-state index contributed by atoms with van der Waals surface area (Å²) in [6, 6.07) is 52.2. The van der Waals surface area contributed by atoms with Crippen molar-refractivity contribution in [1.29, 1.82) is 0 Å². The Kier molecular flexibility index (Phi) is 10.7. The molecule has 2 heterocycles. The van der Waals surface area contributed by atoms with E-state index < -0.39 is 0 Å². The molecule has 10 aromatic rings. The Hall–Kier alpha value is -7.18. The molecule has 0 saturated carbocycles. The van der Waals surface area contributed by atoms with Crippen LogP contribution < -0.4 is 0 Å². The van der Waals surface area contributed by atoms with Gasteiger partial charge in [-0.3, -0.25) is 0 Å². The predicted octanol–water partition coefficient (Wildman–Crippen LogP) is 16.1. The van der Waals surface area contributed by atoms with E-state index >= 15 is 0 Å². The second-order valence-corrected chi connectivity index (χ2v) is 22.6. The highest BCUT2D eigenvalue weighted by molar-refractivity contribution is 6.27. The van der Waals surface area contributed by atoms with Crippen molar-refractivity contribution in [1.82, 2.24) is 29.9 Å². The number of hydrogen-bond donors (Lipinski definition) is 0. The van der Waals surface area contributed by atoms with Crippen molar-refractivity contribution in [3.8, 4) is 68.3 Å². The quantitative estimate of drug-likeness (QED) is 0.155. The van der Waals surface area contributed by atoms with E-state index in [1.165, 1.54) is 22.3 Å². The van der Waals surface area contributed by atoms with E-state index in [1.807, 2.05) is 0 Å². The van der Waals surface area contributed by atoms with Crippen LogP contribution in [-0.4, -0.2) is 29.9 Å². The minimum absolute atomic E-state index is 0.0230. The smallest absolute Gasteiger partial charge is 0.164 e. The molecular formula is C62H60N6. The Bertz CT molecular complexity index is 3100. The molecule has 2 aromatic heterocycles. The fourth-order valence-corrected chi connectivity index (χ4v) is 9.18. The van der Waals surface area contributed by atoms with Crippen LogP contribution >= 0.6 is 0 Å². The Labute approximate surface area is 401 Å². The molecule has 0 spiro atoms. The fourth-order valence-electron chi connectivity index (χ4n) is 9.18. The molecule has 0 saturated heterocycles. The number of benzene rings is 8. The predicted molar refractivity (Wildman–Crippen MR) is 284 cm³/mol. The number of nitrogens with zero attached hydrogens (tertiary/aromatic N) is 6. The van der Waals surface area contributed by atoms with Gasteiger partial charge >= 0.3 is 0 Å². The zero-order valence-corrected chi connectivity index (χ0v) is 41.5. The normalized spacial score (nSPS) is 12.7. The molecular weight excluding hydrogens is 829 g/mol. The summed E-state index contributed by atoms with van der Waals surface area (Å²) in [6.45, 7) is 26.8. The molecule has 10 rings (SSSR count). The Morgan fingerprint density at radius 2 is 0.456 bits per heavy atom. The standard InChI is InChI=1S/C62H60N6/c1-59(2,3)43-25-13-39(14-26-43)53-63-54(40-15-27-44(28-16-40)60(4,5)6)66-57(65-53)49-35-23-37-22-34-48-50(36-24-38-21-33-47(49)51(37)52(38)48)58-67-55(41-17-29-45(30-18-41)61(7,8)9)64-56(68-58)42-19-31-46(32-20-42)62(10,11)12/h13-36H,1-12H3. The molecule has 6 nitrogen and oxygen atoms in total. The SMILES string of the molecule is CC(C)(C)c1ccc(-c2nc(-c3ccc(C(C)(C)C)cc3)nc(-c3ccc4ccc5c(-c6nc(-c7ccc(C(C)(C)C)cc7)nc(-c7ccc(C(C)(C)C)cc7)n6)ccc6ccc3c4c65)n2)cc1. The van der Waals surface area contributed by atoms with Gasteiger partial charge in [-0.1, -0.05) is 217 Å². The highest BCUT2D eigenvalue weighted by Gasteiger charge is 2.23. The van der Waals surface area contributed by atoms with Gasteiger partial charge in [0.25, 0.3) is 0 Å². The van der Waals surface area contributed by atoms with E-state index in [0.29, 0.717) is 34.9 Å². The molecule has 0 aliphatic carbocycles. The molecule has 0 unspecified atom stereocenters. The van der Waals surface area contributed by atoms with Gasteiger partial charge in [-0.25, -0.2) is 29.9 Å². The maximum atomic E-state index is 5.26. The first kappa shape index (κ1) is 44.6. The average molecular weight is 889 g/mol. The van der Waals surface area contributed by atoms with Crippen LogP contribution in [0.4, 0.5) is 0 Å². The zero-order valence-electron chi connectivity index (χ0n) is 41.5. The maximum absolute atomic E-state index is 5.26. The summed E-state index contributed by atoms with van der Waals surface area (Å²) in [5.74, 6) is 3.82. The van der Waals surface area contributed by atoms with Gasteiger partial charge in [-0.2, -0.15) is 0 Å². The summed E-state index contributed by atoms with van der Waals surface area (Å²) in [4.78, 5) is 31.3. The van der Waals surface area contributed by atoms with E-state index in [1.54, 1.807) is 0 Å². The van der Waals surface area contributed by atoms with Crippen LogP contribution in [0, 0.1) is 0 Å². The Balaban J connectivity index is 1.15. The lowest BCUT2D eigenvalue weighted by Gasteiger charge is -2.20. The van der Waals surface area contributed by atoms with Crippen LogP contribution in [0.3, 0.4) is 0 Å². The third-order valence-corrected chi connectivity index (χ3v) is 13.5. The van der Waals surface area contributed by atoms with Crippen molar-refractivity contribution >= 4 is 32.3 Å². The molecule has 0 N–H and O–H groups in total. The molecule has 0 radical (unpaired) electrons. The van der Waals surface area contributed by atoms with Crippen LogP contribution in [0.5, 0.6) is 0 Å². The van der Waals surface area contributed by atoms with E-state index in [4.69, 9.17) is 29.9 Å². The fraction of sp³-hybridized carbons (Fsp3) is 0.258. The molecule has 0 bridgehead atoms. The highest BCUT2D eigenvalue weighted by atomic mass is 15.0. The monoisotopic (exact) mass is 888 g/mol. The second kappa shape index (κ2) is 16.3. The maximum Gasteiger partial charge on any atom is 0.164 e. The number of rotatable bonds is 6. The molecule has 0 aliphatic heterocycles. The van der Waals surface area contributed by atoms with Gasteiger partial charge in [0.05, 0.1) is 0 Å². The van der Waals surface area contributed by atoms with E-state index in [0.717, 1.165) is 65.7 Å². The molecule has 8 aromatic carbocycles. The van der Waals surface area contributed by atoms with Crippen LogP contribution in [-0.2, 0) is 21.7 Å². The van der Waals surface area contributed by atoms with Crippen molar-refractivity contribution in [2.75, 3.05) is 0 Å². The van der Waals surface area contributed by atoms with Crippen molar-refractivity contribution < 1.29 is 0 Å². The van der Waals surface area contributed by atoms with Crippen molar-refractivity contribution in [3.05, 3.63) is 168 Å².